The molecule has 2 amide bonds. The molecule has 1 aliphatic rings. The van der Waals surface area contributed by atoms with Gasteiger partial charge in [-0.1, -0.05) is 61.9 Å². The zero-order chi connectivity index (χ0) is 22.9. The van der Waals surface area contributed by atoms with Crippen molar-refractivity contribution in [2.45, 2.75) is 38.5 Å². The molecule has 0 spiro atoms. The number of carbonyl (C=O) groups excluding carboxylic acids is 2. The van der Waals surface area contributed by atoms with E-state index < -0.39 is 18.0 Å². The molecule has 32 heavy (non-hydrogen) atoms. The molecule has 3 rings (SSSR count). The summed E-state index contributed by atoms with van der Waals surface area (Å²) < 4.78 is 5.50. The Balaban J connectivity index is 1.32. The van der Waals surface area contributed by atoms with Gasteiger partial charge in [-0.25, -0.2) is 4.79 Å². The summed E-state index contributed by atoms with van der Waals surface area (Å²) in [6, 6.07) is 16.4. The third-order valence-corrected chi connectivity index (χ3v) is 5.72. The van der Waals surface area contributed by atoms with Gasteiger partial charge in [0.1, 0.15) is 6.61 Å². The van der Waals surface area contributed by atoms with Crippen molar-refractivity contribution in [3.63, 3.8) is 0 Å². The Kier molecular flexibility index (Phi) is 8.25. The fourth-order valence-corrected chi connectivity index (χ4v) is 3.87. The van der Waals surface area contributed by atoms with Crippen molar-refractivity contribution < 1.29 is 24.2 Å². The molecule has 2 aromatic carbocycles. The summed E-state index contributed by atoms with van der Waals surface area (Å²) >= 11 is 0. The molecule has 0 heterocycles. The molecular formula is C25H30N2O5. The molecule has 7 nitrogen and oxygen atoms in total. The third kappa shape index (κ3) is 6.09. The van der Waals surface area contributed by atoms with Crippen molar-refractivity contribution in [3.05, 3.63) is 59.7 Å². The standard InChI is InChI=1S/C25H30N2O5/c1-17(24(29)30)15-27-23(28)13-3-2-8-14-26-25(31)32-16-22-20-11-6-4-9-18(20)19-10-5-7-12-21(19)22/h4-7,9-12,17,22H,2-3,8,13-16H2,1H3,(H,26,31)(H,27,28)(H,29,30). The largest absolute Gasteiger partial charge is 0.481 e. The molecule has 7 heteroatoms. The number of hydrogen-bond acceptors (Lipinski definition) is 4. The van der Waals surface area contributed by atoms with Crippen LogP contribution >= 0.6 is 0 Å². The average molecular weight is 439 g/mol. The Morgan fingerprint density at radius 1 is 0.938 bits per heavy atom. The van der Waals surface area contributed by atoms with Crippen LogP contribution < -0.4 is 10.6 Å². The van der Waals surface area contributed by atoms with Gasteiger partial charge < -0.3 is 20.5 Å². The van der Waals surface area contributed by atoms with Gasteiger partial charge >= 0.3 is 12.1 Å². The molecule has 0 aromatic heterocycles. The van der Waals surface area contributed by atoms with Gasteiger partial charge in [-0.15, -0.1) is 0 Å². The van der Waals surface area contributed by atoms with Crippen LogP contribution in [0.1, 0.15) is 49.7 Å². The number of carboxylic acids is 1. The summed E-state index contributed by atoms with van der Waals surface area (Å²) in [7, 11) is 0. The van der Waals surface area contributed by atoms with E-state index in [4.69, 9.17) is 9.84 Å². The van der Waals surface area contributed by atoms with E-state index in [2.05, 4.69) is 34.9 Å². The number of hydrogen-bond donors (Lipinski definition) is 3. The molecule has 2 aromatic rings. The van der Waals surface area contributed by atoms with Gasteiger partial charge in [-0.3, -0.25) is 9.59 Å². The van der Waals surface area contributed by atoms with E-state index in [1.54, 1.807) is 6.92 Å². The molecule has 0 saturated carbocycles. The van der Waals surface area contributed by atoms with Gasteiger partial charge in [0.25, 0.3) is 0 Å². The van der Waals surface area contributed by atoms with Crippen LogP contribution in [0.3, 0.4) is 0 Å². The predicted octanol–water partition coefficient (Wildman–Crippen LogP) is 3.92. The maximum atomic E-state index is 12.1. The summed E-state index contributed by atoms with van der Waals surface area (Å²) in [5.41, 5.74) is 4.74. The van der Waals surface area contributed by atoms with E-state index in [0.717, 1.165) is 12.8 Å². The third-order valence-electron chi connectivity index (χ3n) is 5.72. The number of amides is 2. The monoisotopic (exact) mass is 438 g/mol. The van der Waals surface area contributed by atoms with Gasteiger partial charge in [0.05, 0.1) is 5.92 Å². The van der Waals surface area contributed by atoms with Gasteiger partial charge in [-0.05, 0) is 35.1 Å². The first kappa shape index (κ1) is 23.3. The second-order valence-corrected chi connectivity index (χ2v) is 8.11. The number of unbranched alkanes of at least 4 members (excludes halogenated alkanes) is 2. The second-order valence-electron chi connectivity index (χ2n) is 8.11. The molecular weight excluding hydrogens is 408 g/mol. The number of rotatable bonds is 11. The van der Waals surface area contributed by atoms with Crippen LogP contribution in [-0.4, -0.2) is 42.8 Å². The molecule has 3 N–H and O–H groups in total. The van der Waals surface area contributed by atoms with Crippen molar-refractivity contribution in [3.8, 4) is 11.1 Å². The molecule has 0 radical (unpaired) electrons. The molecule has 0 fully saturated rings. The average Bonchev–Trinajstić information content (AvgIpc) is 3.12. The van der Waals surface area contributed by atoms with Gasteiger partial charge in [0.2, 0.25) is 5.91 Å². The number of alkyl carbamates (subject to hydrolysis) is 1. The Labute approximate surface area is 188 Å². The number of carboxylic acid groups (broad SMARTS) is 1. The van der Waals surface area contributed by atoms with E-state index in [1.807, 2.05) is 24.3 Å². The molecule has 0 saturated heterocycles. The molecule has 0 bridgehead atoms. The van der Waals surface area contributed by atoms with Gasteiger partial charge in [0, 0.05) is 25.4 Å². The molecule has 1 unspecified atom stereocenters. The summed E-state index contributed by atoms with van der Waals surface area (Å²) in [6.07, 6.45) is 2.11. The first-order chi connectivity index (χ1) is 15.5. The summed E-state index contributed by atoms with van der Waals surface area (Å²) in [4.78, 5) is 34.6. The lowest BCUT2D eigenvalue weighted by molar-refractivity contribution is -0.141. The second kappa shape index (κ2) is 11.3. The lowest BCUT2D eigenvalue weighted by atomic mass is 9.98. The number of ether oxygens (including phenoxy) is 1. The molecule has 1 atom stereocenters. The quantitative estimate of drug-likeness (QED) is 0.461. The maximum absolute atomic E-state index is 12.1. The SMILES string of the molecule is CC(CNC(=O)CCCCCNC(=O)OCC1c2ccccc2-c2ccccc21)C(=O)O. The smallest absolute Gasteiger partial charge is 0.407 e. The van der Waals surface area contributed by atoms with Gasteiger partial charge in [-0.2, -0.15) is 0 Å². The minimum atomic E-state index is -0.926. The first-order valence-electron chi connectivity index (χ1n) is 11.1. The predicted molar refractivity (Wildman–Crippen MR) is 121 cm³/mol. The number of aliphatic carboxylic acids is 1. The minimum Gasteiger partial charge on any atom is -0.481 e. The highest BCUT2D eigenvalue weighted by Gasteiger charge is 2.28. The van der Waals surface area contributed by atoms with Crippen molar-refractivity contribution in [1.29, 1.82) is 0 Å². The molecule has 170 valence electrons. The van der Waals surface area contributed by atoms with Crippen molar-refractivity contribution in [2.75, 3.05) is 19.7 Å². The van der Waals surface area contributed by atoms with E-state index in [0.29, 0.717) is 19.4 Å². The highest BCUT2D eigenvalue weighted by atomic mass is 16.5. The minimum absolute atomic E-state index is 0.0375. The van der Waals surface area contributed by atoms with Crippen LogP contribution in [0.5, 0.6) is 0 Å². The highest BCUT2D eigenvalue weighted by Crippen LogP contribution is 2.44. The highest BCUT2D eigenvalue weighted by molar-refractivity contribution is 5.79. The van der Waals surface area contributed by atoms with Crippen LogP contribution in [-0.2, 0) is 14.3 Å². The van der Waals surface area contributed by atoms with Crippen molar-refractivity contribution >= 4 is 18.0 Å². The summed E-state index contributed by atoms with van der Waals surface area (Å²) in [5.74, 6) is -1.64. The van der Waals surface area contributed by atoms with Crippen LogP contribution in [0, 0.1) is 5.92 Å². The van der Waals surface area contributed by atoms with Crippen molar-refractivity contribution in [2.24, 2.45) is 5.92 Å². The zero-order valence-electron chi connectivity index (χ0n) is 18.3. The molecule has 1 aliphatic carbocycles. The number of carbonyl (C=O) groups is 3. The summed E-state index contributed by atoms with van der Waals surface area (Å²) in [6.45, 7) is 2.46. The topological polar surface area (TPSA) is 105 Å². The lowest BCUT2D eigenvalue weighted by Gasteiger charge is -2.14. The Hall–Kier alpha value is -3.35. The maximum Gasteiger partial charge on any atom is 0.407 e. The fraction of sp³-hybridized carbons (Fsp3) is 0.400. The Morgan fingerprint density at radius 3 is 2.19 bits per heavy atom. The van der Waals surface area contributed by atoms with E-state index in [9.17, 15) is 14.4 Å². The number of nitrogens with one attached hydrogen (secondary N) is 2. The van der Waals surface area contributed by atoms with Crippen LogP contribution in [0.15, 0.2) is 48.5 Å². The van der Waals surface area contributed by atoms with Gasteiger partial charge in [0.15, 0.2) is 0 Å². The zero-order valence-corrected chi connectivity index (χ0v) is 18.3. The Morgan fingerprint density at radius 2 is 1.56 bits per heavy atom. The van der Waals surface area contributed by atoms with Crippen LogP contribution in [0.4, 0.5) is 4.79 Å². The van der Waals surface area contributed by atoms with Crippen LogP contribution in [0.25, 0.3) is 11.1 Å². The summed E-state index contributed by atoms with van der Waals surface area (Å²) in [5, 5.41) is 14.2. The van der Waals surface area contributed by atoms with E-state index in [1.165, 1.54) is 22.3 Å². The molecule has 0 aliphatic heterocycles. The van der Waals surface area contributed by atoms with Crippen molar-refractivity contribution in [1.82, 2.24) is 10.6 Å². The Bertz CT molecular complexity index is 913. The fourth-order valence-electron chi connectivity index (χ4n) is 3.87. The van der Waals surface area contributed by atoms with E-state index >= 15 is 0 Å². The van der Waals surface area contributed by atoms with E-state index in [-0.39, 0.29) is 25.0 Å². The number of benzene rings is 2. The number of fused-ring (bicyclic) bond motifs is 3. The first-order valence-corrected chi connectivity index (χ1v) is 11.1. The normalized spacial score (nSPS) is 13.0. The lowest BCUT2D eigenvalue weighted by Crippen LogP contribution is -2.31. The van der Waals surface area contributed by atoms with Crippen LogP contribution in [0.2, 0.25) is 0 Å².